The lowest BCUT2D eigenvalue weighted by Gasteiger charge is -2.07. The van der Waals surface area contributed by atoms with Crippen molar-refractivity contribution >= 4 is 11.4 Å². The van der Waals surface area contributed by atoms with Crippen LogP contribution >= 0.6 is 0 Å². The van der Waals surface area contributed by atoms with E-state index < -0.39 is 0 Å². The first-order valence-electron chi connectivity index (χ1n) is 9.07. The van der Waals surface area contributed by atoms with Gasteiger partial charge in [-0.25, -0.2) is 9.50 Å². The fourth-order valence-electron chi connectivity index (χ4n) is 2.96. The van der Waals surface area contributed by atoms with E-state index in [2.05, 4.69) is 54.0 Å². The number of rotatable bonds is 2. The van der Waals surface area contributed by atoms with Crippen molar-refractivity contribution in [2.45, 2.75) is 20.8 Å². The maximum atomic E-state index is 12.5. The molecular weight excluding hydrogens is 346 g/mol. The third kappa shape index (κ3) is 3.43. The number of aryl methyl sites for hydroxylation is 3. The van der Waals surface area contributed by atoms with Gasteiger partial charge in [0, 0.05) is 23.4 Å². The molecule has 0 aliphatic heterocycles. The van der Waals surface area contributed by atoms with Crippen molar-refractivity contribution in [3.05, 3.63) is 88.7 Å². The maximum Gasteiger partial charge on any atom is 0.256 e. The second kappa shape index (κ2) is 7.13. The summed E-state index contributed by atoms with van der Waals surface area (Å²) in [5, 5.41) is 4.47. The number of carbonyl (C=O) groups excluding carboxylic acids is 1. The summed E-state index contributed by atoms with van der Waals surface area (Å²) in [6, 6.07) is 17.6. The van der Waals surface area contributed by atoms with Crippen molar-refractivity contribution in [2.75, 3.05) is 0 Å². The smallest absolute Gasteiger partial charge is 0.256 e. The highest BCUT2D eigenvalue weighted by atomic mass is 16.1. The van der Waals surface area contributed by atoms with Crippen molar-refractivity contribution < 1.29 is 4.79 Å². The van der Waals surface area contributed by atoms with Crippen LogP contribution in [0.15, 0.2) is 60.8 Å². The predicted octanol–water partition coefficient (Wildman–Crippen LogP) is 4.56. The Kier molecular flexibility index (Phi) is 4.50. The molecule has 4 rings (SSSR count). The van der Waals surface area contributed by atoms with Gasteiger partial charge in [0.25, 0.3) is 5.78 Å². The molecule has 0 fully saturated rings. The second-order valence-corrected chi connectivity index (χ2v) is 6.87. The summed E-state index contributed by atoms with van der Waals surface area (Å²) in [7, 11) is 0. The van der Waals surface area contributed by atoms with Gasteiger partial charge in [0.05, 0.1) is 5.69 Å². The number of hydrogen-bond acceptors (Lipinski definition) is 3. The third-order valence-corrected chi connectivity index (χ3v) is 4.77. The van der Waals surface area contributed by atoms with E-state index in [1.165, 1.54) is 11.1 Å². The molecular formula is C24H19N3O. The Labute approximate surface area is 163 Å². The van der Waals surface area contributed by atoms with Crippen LogP contribution in [0.3, 0.4) is 0 Å². The van der Waals surface area contributed by atoms with E-state index in [1.54, 1.807) is 16.8 Å². The van der Waals surface area contributed by atoms with Gasteiger partial charge in [-0.3, -0.25) is 4.79 Å². The molecule has 2 heterocycles. The molecule has 0 saturated carbocycles. The van der Waals surface area contributed by atoms with Crippen molar-refractivity contribution in [2.24, 2.45) is 0 Å². The number of carbonyl (C=O) groups is 1. The number of ketones is 1. The summed E-state index contributed by atoms with van der Waals surface area (Å²) in [5.41, 5.74) is 7.23. The summed E-state index contributed by atoms with van der Waals surface area (Å²) in [6.45, 7) is 6.17. The molecule has 0 N–H and O–H groups in total. The Morgan fingerprint density at radius 2 is 1.71 bits per heavy atom. The van der Waals surface area contributed by atoms with Gasteiger partial charge in [-0.1, -0.05) is 35.7 Å². The van der Waals surface area contributed by atoms with E-state index in [0.717, 1.165) is 22.4 Å². The molecule has 2 aromatic heterocycles. The van der Waals surface area contributed by atoms with E-state index in [0.29, 0.717) is 11.3 Å². The lowest BCUT2D eigenvalue weighted by molar-refractivity contribution is 0.105. The van der Waals surface area contributed by atoms with Gasteiger partial charge < -0.3 is 0 Å². The Morgan fingerprint density at radius 3 is 2.46 bits per heavy atom. The second-order valence-electron chi connectivity index (χ2n) is 6.87. The zero-order valence-corrected chi connectivity index (χ0v) is 16.0. The molecule has 0 unspecified atom stereocenters. The predicted molar refractivity (Wildman–Crippen MR) is 110 cm³/mol. The lowest BCUT2D eigenvalue weighted by atomic mass is 10.0. The monoisotopic (exact) mass is 365 g/mol. The van der Waals surface area contributed by atoms with Gasteiger partial charge in [0.1, 0.15) is 5.69 Å². The minimum Gasteiger partial charge on any atom is -0.277 e. The van der Waals surface area contributed by atoms with Crippen LogP contribution in [0.4, 0.5) is 0 Å². The van der Waals surface area contributed by atoms with Crippen molar-refractivity contribution in [3.63, 3.8) is 0 Å². The number of hydrogen-bond donors (Lipinski definition) is 0. The molecule has 0 saturated heterocycles. The Hall–Kier alpha value is -3.71. The average Bonchev–Trinajstić information content (AvgIpc) is 3.14. The number of Topliss-reactive ketones (excluding diaryl/α,β-unsaturated/α-hetero) is 1. The summed E-state index contributed by atoms with van der Waals surface area (Å²) >= 11 is 0. The van der Waals surface area contributed by atoms with Crippen molar-refractivity contribution in [1.29, 1.82) is 0 Å². The number of benzene rings is 2. The highest BCUT2D eigenvalue weighted by molar-refractivity contribution is 6.08. The summed E-state index contributed by atoms with van der Waals surface area (Å²) in [4.78, 5) is 16.9. The summed E-state index contributed by atoms with van der Waals surface area (Å²) in [6.07, 6.45) is 1.73. The summed E-state index contributed by atoms with van der Waals surface area (Å²) < 4.78 is 1.70. The van der Waals surface area contributed by atoms with E-state index in [1.807, 2.05) is 37.3 Å². The Morgan fingerprint density at radius 1 is 0.929 bits per heavy atom. The van der Waals surface area contributed by atoms with Gasteiger partial charge in [0.2, 0.25) is 0 Å². The first-order chi connectivity index (χ1) is 13.5. The molecule has 4 nitrogen and oxygen atoms in total. The van der Waals surface area contributed by atoms with Crippen molar-refractivity contribution in [1.82, 2.24) is 14.6 Å². The van der Waals surface area contributed by atoms with Gasteiger partial charge in [-0.05, 0) is 62.1 Å². The molecule has 0 radical (unpaired) electrons. The molecule has 4 heteroatoms. The van der Waals surface area contributed by atoms with Crippen LogP contribution in [0.2, 0.25) is 0 Å². The van der Waals surface area contributed by atoms with Crippen LogP contribution in [0, 0.1) is 32.6 Å². The van der Waals surface area contributed by atoms with Crippen LogP contribution in [-0.2, 0) is 0 Å². The number of fused-ring (bicyclic) bond motifs is 1. The molecule has 0 bridgehead atoms. The molecule has 28 heavy (non-hydrogen) atoms. The van der Waals surface area contributed by atoms with E-state index in [4.69, 9.17) is 0 Å². The van der Waals surface area contributed by atoms with Crippen LogP contribution < -0.4 is 0 Å². The van der Waals surface area contributed by atoms with Crippen LogP contribution in [0.25, 0.3) is 16.9 Å². The zero-order chi connectivity index (χ0) is 19.7. The van der Waals surface area contributed by atoms with Gasteiger partial charge >= 0.3 is 0 Å². The Balaban J connectivity index is 1.71. The van der Waals surface area contributed by atoms with E-state index in [-0.39, 0.29) is 5.78 Å². The average molecular weight is 365 g/mol. The van der Waals surface area contributed by atoms with Crippen molar-refractivity contribution in [3.8, 4) is 23.1 Å². The van der Waals surface area contributed by atoms with E-state index >= 15 is 0 Å². The largest absolute Gasteiger partial charge is 0.277 e. The Bertz CT molecular complexity index is 1250. The first-order valence-corrected chi connectivity index (χ1v) is 9.07. The third-order valence-electron chi connectivity index (χ3n) is 4.77. The molecule has 0 aliphatic rings. The molecule has 0 spiro atoms. The molecule has 0 atom stereocenters. The van der Waals surface area contributed by atoms with E-state index in [9.17, 15) is 4.79 Å². The molecule has 0 amide bonds. The number of nitrogens with zero attached hydrogens (tertiary/aromatic N) is 3. The topological polar surface area (TPSA) is 47.3 Å². The van der Waals surface area contributed by atoms with Crippen LogP contribution in [-0.4, -0.2) is 20.4 Å². The normalized spacial score (nSPS) is 10.5. The fourth-order valence-corrected chi connectivity index (χ4v) is 2.96. The molecule has 136 valence electrons. The van der Waals surface area contributed by atoms with Gasteiger partial charge in [-0.15, -0.1) is 0 Å². The fraction of sp³-hybridized carbons (Fsp3) is 0.125. The first kappa shape index (κ1) is 17.7. The van der Waals surface area contributed by atoms with Crippen LogP contribution in [0.5, 0.6) is 0 Å². The molecule has 2 aromatic carbocycles. The standard InChI is InChI=1S/C24H19N3O/c1-16-4-7-19(8-5-16)9-11-23(28)21-15-24-25-13-12-22(27(24)26-21)20-10-6-17(2)18(3)14-20/h4-8,10,12-15H,1-3H3. The highest BCUT2D eigenvalue weighted by Crippen LogP contribution is 2.22. The lowest BCUT2D eigenvalue weighted by Crippen LogP contribution is -1.99. The van der Waals surface area contributed by atoms with Gasteiger partial charge in [0.15, 0.2) is 5.65 Å². The zero-order valence-electron chi connectivity index (χ0n) is 16.0. The van der Waals surface area contributed by atoms with Crippen LogP contribution in [0.1, 0.15) is 32.7 Å². The minimum absolute atomic E-state index is 0.295. The molecule has 4 aromatic rings. The SMILES string of the molecule is Cc1ccc(C#CC(=O)c2cc3nccc(-c4ccc(C)c(C)c4)n3n2)cc1. The number of aromatic nitrogens is 3. The maximum absolute atomic E-state index is 12.5. The highest BCUT2D eigenvalue weighted by Gasteiger charge is 2.13. The minimum atomic E-state index is -0.322. The quantitative estimate of drug-likeness (QED) is 0.387. The van der Waals surface area contributed by atoms with Gasteiger partial charge in [-0.2, -0.15) is 5.10 Å². The molecule has 0 aliphatic carbocycles. The summed E-state index contributed by atoms with van der Waals surface area (Å²) in [5.74, 6) is 5.26.